The van der Waals surface area contributed by atoms with Crippen molar-refractivity contribution in [3.05, 3.63) is 27.6 Å². The molecule has 0 spiro atoms. The first-order valence-electron chi connectivity index (χ1n) is 5.57. The lowest BCUT2D eigenvalue weighted by Gasteiger charge is -2.13. The second-order valence-corrected chi connectivity index (χ2v) is 6.89. The summed E-state index contributed by atoms with van der Waals surface area (Å²) < 4.78 is 25.9. The SMILES string of the molecule is CC=CC1=C(C)CN(c2nnc(C(C)=O)s2)S1(=O)=O. The zero-order chi connectivity index (χ0) is 14.2. The number of nitrogens with zero attached hydrogens (tertiary/aromatic N) is 3. The molecule has 1 aliphatic rings. The fourth-order valence-corrected chi connectivity index (χ4v) is 4.43. The number of carbonyl (C=O) groups is 1. The summed E-state index contributed by atoms with van der Waals surface area (Å²) in [6, 6.07) is 0. The molecule has 6 nitrogen and oxygen atoms in total. The monoisotopic (exact) mass is 299 g/mol. The molecule has 1 aliphatic heterocycles. The molecule has 0 atom stereocenters. The minimum atomic E-state index is -3.58. The third kappa shape index (κ3) is 2.33. The third-order valence-electron chi connectivity index (χ3n) is 2.62. The number of hydrogen-bond donors (Lipinski definition) is 0. The van der Waals surface area contributed by atoms with E-state index in [0.29, 0.717) is 0 Å². The van der Waals surface area contributed by atoms with Crippen LogP contribution in [0.4, 0.5) is 5.13 Å². The minimum Gasteiger partial charge on any atom is -0.292 e. The van der Waals surface area contributed by atoms with Crippen LogP contribution >= 0.6 is 11.3 Å². The molecule has 0 unspecified atom stereocenters. The van der Waals surface area contributed by atoms with Gasteiger partial charge in [-0.05, 0) is 25.5 Å². The van der Waals surface area contributed by atoms with Gasteiger partial charge in [-0.15, -0.1) is 10.2 Å². The van der Waals surface area contributed by atoms with Crippen LogP contribution in [0.3, 0.4) is 0 Å². The number of Topliss-reactive ketones (excluding diaryl/α,β-unsaturated/α-hetero) is 1. The van der Waals surface area contributed by atoms with Crippen LogP contribution in [0.2, 0.25) is 0 Å². The summed E-state index contributed by atoms with van der Waals surface area (Å²) in [6.07, 6.45) is 3.25. The summed E-state index contributed by atoms with van der Waals surface area (Å²) in [4.78, 5) is 11.5. The Labute approximate surface area is 115 Å². The van der Waals surface area contributed by atoms with E-state index in [-0.39, 0.29) is 27.4 Å². The fraction of sp³-hybridized carbons (Fsp3) is 0.364. The van der Waals surface area contributed by atoms with Gasteiger partial charge in [-0.1, -0.05) is 17.4 Å². The van der Waals surface area contributed by atoms with Crippen molar-refractivity contribution in [3.63, 3.8) is 0 Å². The van der Waals surface area contributed by atoms with Gasteiger partial charge in [0.15, 0.2) is 10.8 Å². The van der Waals surface area contributed by atoms with Gasteiger partial charge in [-0.25, -0.2) is 12.7 Å². The zero-order valence-corrected chi connectivity index (χ0v) is 12.4. The van der Waals surface area contributed by atoms with Crippen molar-refractivity contribution in [1.82, 2.24) is 10.2 Å². The Morgan fingerprint density at radius 2 is 2.11 bits per heavy atom. The first-order chi connectivity index (χ1) is 8.87. The quantitative estimate of drug-likeness (QED) is 0.794. The lowest BCUT2D eigenvalue weighted by Crippen LogP contribution is -2.26. The number of ketones is 1. The van der Waals surface area contributed by atoms with Crippen LogP contribution in [-0.2, 0) is 10.0 Å². The van der Waals surface area contributed by atoms with Crippen molar-refractivity contribution in [2.24, 2.45) is 0 Å². The van der Waals surface area contributed by atoms with Gasteiger partial charge in [0.1, 0.15) is 0 Å². The van der Waals surface area contributed by atoms with E-state index in [2.05, 4.69) is 10.2 Å². The van der Waals surface area contributed by atoms with Gasteiger partial charge in [0.2, 0.25) is 5.13 Å². The summed E-state index contributed by atoms with van der Waals surface area (Å²) in [6.45, 7) is 5.14. The van der Waals surface area contributed by atoms with Gasteiger partial charge in [0.25, 0.3) is 10.0 Å². The van der Waals surface area contributed by atoms with Crippen molar-refractivity contribution in [2.75, 3.05) is 10.8 Å². The van der Waals surface area contributed by atoms with Crippen LogP contribution in [-0.4, -0.2) is 30.9 Å². The molecule has 0 amide bonds. The lowest BCUT2D eigenvalue weighted by molar-refractivity contribution is 0.101. The van der Waals surface area contributed by atoms with E-state index in [0.717, 1.165) is 16.9 Å². The van der Waals surface area contributed by atoms with Gasteiger partial charge in [-0.2, -0.15) is 0 Å². The number of anilines is 1. The Bertz CT molecular complexity index is 686. The molecule has 0 aliphatic carbocycles. The van der Waals surface area contributed by atoms with Crippen molar-refractivity contribution in [3.8, 4) is 0 Å². The molecule has 0 saturated carbocycles. The molecule has 0 saturated heterocycles. The predicted octanol–water partition coefficient (Wildman–Crippen LogP) is 1.74. The molecule has 0 N–H and O–H groups in total. The van der Waals surface area contributed by atoms with E-state index in [1.807, 2.05) is 0 Å². The van der Waals surface area contributed by atoms with Crippen LogP contribution in [0.1, 0.15) is 30.6 Å². The third-order valence-corrected chi connectivity index (χ3v) is 5.70. The van der Waals surface area contributed by atoms with Crippen molar-refractivity contribution >= 4 is 32.3 Å². The number of carbonyl (C=O) groups excluding carboxylic acids is 1. The fourth-order valence-electron chi connectivity index (χ4n) is 1.73. The van der Waals surface area contributed by atoms with Crippen molar-refractivity contribution < 1.29 is 13.2 Å². The van der Waals surface area contributed by atoms with Crippen LogP contribution in [0.5, 0.6) is 0 Å². The highest BCUT2D eigenvalue weighted by Gasteiger charge is 2.36. The van der Waals surface area contributed by atoms with Crippen LogP contribution in [0, 0.1) is 0 Å². The molecule has 2 heterocycles. The molecule has 0 aromatic carbocycles. The summed E-state index contributed by atoms with van der Waals surface area (Å²) in [7, 11) is -3.58. The first-order valence-corrected chi connectivity index (χ1v) is 7.83. The second kappa shape index (κ2) is 4.86. The van der Waals surface area contributed by atoms with Gasteiger partial charge >= 0.3 is 0 Å². The molecular formula is C11H13N3O3S2. The number of sulfonamides is 1. The Hall–Kier alpha value is -1.54. The van der Waals surface area contributed by atoms with Gasteiger partial charge in [-0.3, -0.25) is 4.79 Å². The molecule has 102 valence electrons. The minimum absolute atomic E-state index is 0.210. The number of hydrogen-bond acceptors (Lipinski definition) is 6. The maximum absolute atomic E-state index is 12.3. The molecule has 0 fully saturated rings. The predicted molar refractivity (Wildman–Crippen MR) is 73.7 cm³/mol. The van der Waals surface area contributed by atoms with Crippen LogP contribution in [0.15, 0.2) is 22.6 Å². The lowest BCUT2D eigenvalue weighted by atomic mass is 10.2. The standard InChI is InChI=1S/C11H13N3O3S2/c1-4-5-9-7(2)6-14(19(9,16)17)11-13-12-10(18-11)8(3)15/h4-5H,6H2,1-3H3. The number of aromatic nitrogens is 2. The highest BCUT2D eigenvalue weighted by Crippen LogP contribution is 2.33. The molecule has 8 heteroatoms. The Morgan fingerprint density at radius 1 is 1.42 bits per heavy atom. The highest BCUT2D eigenvalue weighted by molar-refractivity contribution is 7.97. The molecule has 1 aromatic rings. The summed E-state index contributed by atoms with van der Waals surface area (Å²) in [5, 5.41) is 7.92. The molecule has 0 bridgehead atoms. The van der Waals surface area contributed by atoms with E-state index in [4.69, 9.17) is 0 Å². The maximum atomic E-state index is 12.3. The average Bonchev–Trinajstić information content (AvgIpc) is 2.88. The molecule has 0 radical (unpaired) electrons. The van der Waals surface area contributed by atoms with Crippen LogP contribution in [0.25, 0.3) is 0 Å². The molecule has 19 heavy (non-hydrogen) atoms. The number of rotatable bonds is 3. The van der Waals surface area contributed by atoms with Crippen molar-refractivity contribution in [2.45, 2.75) is 20.8 Å². The van der Waals surface area contributed by atoms with E-state index >= 15 is 0 Å². The first kappa shape index (κ1) is 13.9. The smallest absolute Gasteiger partial charge is 0.266 e. The van der Waals surface area contributed by atoms with Gasteiger partial charge in [0.05, 0.1) is 11.4 Å². The second-order valence-electron chi connectivity index (χ2n) is 4.10. The zero-order valence-electron chi connectivity index (χ0n) is 10.7. The van der Waals surface area contributed by atoms with E-state index in [1.165, 1.54) is 11.2 Å². The Kier molecular flexibility index (Phi) is 3.55. The van der Waals surface area contributed by atoms with E-state index in [1.54, 1.807) is 26.0 Å². The largest absolute Gasteiger partial charge is 0.292 e. The topological polar surface area (TPSA) is 80.2 Å². The molecule has 2 rings (SSSR count). The Morgan fingerprint density at radius 3 is 2.63 bits per heavy atom. The van der Waals surface area contributed by atoms with Crippen molar-refractivity contribution in [1.29, 1.82) is 0 Å². The van der Waals surface area contributed by atoms with Gasteiger partial charge < -0.3 is 0 Å². The summed E-state index contributed by atoms with van der Waals surface area (Å²) in [5.74, 6) is -0.223. The molecule has 1 aromatic heterocycles. The maximum Gasteiger partial charge on any atom is 0.266 e. The number of allylic oxidation sites excluding steroid dienone is 2. The highest BCUT2D eigenvalue weighted by atomic mass is 32.2. The summed E-state index contributed by atoms with van der Waals surface area (Å²) in [5.41, 5.74) is 0.748. The van der Waals surface area contributed by atoms with E-state index in [9.17, 15) is 13.2 Å². The van der Waals surface area contributed by atoms with E-state index < -0.39 is 10.0 Å². The van der Waals surface area contributed by atoms with Gasteiger partial charge in [0, 0.05) is 6.92 Å². The van der Waals surface area contributed by atoms with Crippen LogP contribution < -0.4 is 4.31 Å². The summed E-state index contributed by atoms with van der Waals surface area (Å²) >= 11 is 0.987. The Balaban J connectivity index is 2.42. The normalized spacial score (nSPS) is 18.6. The average molecular weight is 299 g/mol. The molecular weight excluding hydrogens is 286 g/mol.